The zero-order valence-corrected chi connectivity index (χ0v) is 9.35. The van der Waals surface area contributed by atoms with Gasteiger partial charge in [-0.15, -0.1) is 0 Å². The van der Waals surface area contributed by atoms with Crippen molar-refractivity contribution in [1.29, 1.82) is 0 Å². The molecule has 0 spiro atoms. The van der Waals surface area contributed by atoms with Crippen molar-refractivity contribution in [2.75, 3.05) is 0 Å². The summed E-state index contributed by atoms with van der Waals surface area (Å²) in [6.07, 6.45) is 3.99. The van der Waals surface area contributed by atoms with Crippen LogP contribution in [0.5, 0.6) is 0 Å². The first-order valence-electron chi connectivity index (χ1n) is 5.25. The van der Waals surface area contributed by atoms with E-state index < -0.39 is 11.7 Å². The van der Waals surface area contributed by atoms with Crippen molar-refractivity contribution < 1.29 is 9.18 Å². The molecule has 2 N–H and O–H groups in total. The van der Waals surface area contributed by atoms with E-state index in [0.717, 1.165) is 11.9 Å². The number of carbonyl (C=O) groups is 1. The monoisotopic (exact) mass is 233 g/mol. The third-order valence-corrected chi connectivity index (χ3v) is 2.53. The first-order valence-corrected chi connectivity index (χ1v) is 5.25. The van der Waals surface area contributed by atoms with Crippen LogP contribution in [0, 0.1) is 5.82 Å². The van der Waals surface area contributed by atoms with Crippen LogP contribution in [-0.4, -0.2) is 15.5 Å². The number of halogens is 1. The Hall–Kier alpha value is -2.17. The number of nitrogens with zero attached hydrogens (tertiary/aromatic N) is 2. The van der Waals surface area contributed by atoms with Crippen molar-refractivity contribution in [2.24, 2.45) is 5.73 Å². The predicted octanol–water partition coefficient (Wildman–Crippen LogP) is 1.67. The molecule has 0 bridgehead atoms. The highest BCUT2D eigenvalue weighted by molar-refractivity contribution is 5.92. The highest BCUT2D eigenvalue weighted by Crippen LogP contribution is 2.17. The lowest BCUT2D eigenvalue weighted by Gasteiger charge is -2.08. The van der Waals surface area contributed by atoms with E-state index in [2.05, 4.69) is 4.98 Å². The highest BCUT2D eigenvalue weighted by atomic mass is 19.1. The maximum Gasteiger partial charge on any atom is 0.248 e. The predicted molar refractivity (Wildman–Crippen MR) is 61.4 cm³/mol. The molecule has 17 heavy (non-hydrogen) atoms. The molecule has 0 aliphatic carbocycles. The van der Waals surface area contributed by atoms with E-state index in [1.165, 1.54) is 12.1 Å². The maximum absolute atomic E-state index is 13.8. The molecule has 1 heterocycles. The molecular formula is C12H12FN3O. The van der Waals surface area contributed by atoms with Gasteiger partial charge in [0.2, 0.25) is 5.91 Å². The number of nitrogens with two attached hydrogens (primary N) is 1. The molecule has 2 rings (SSSR count). The lowest BCUT2D eigenvalue weighted by Crippen LogP contribution is -2.12. The van der Waals surface area contributed by atoms with E-state index in [4.69, 9.17) is 5.73 Å². The van der Waals surface area contributed by atoms with Gasteiger partial charge in [0.1, 0.15) is 11.6 Å². The molecule has 0 fully saturated rings. The van der Waals surface area contributed by atoms with E-state index in [1.54, 1.807) is 17.0 Å². The third kappa shape index (κ3) is 2.04. The number of primary amides is 1. The third-order valence-electron chi connectivity index (χ3n) is 2.53. The second kappa shape index (κ2) is 4.37. The van der Waals surface area contributed by atoms with Gasteiger partial charge in [0, 0.05) is 24.4 Å². The van der Waals surface area contributed by atoms with Gasteiger partial charge in [0.15, 0.2) is 0 Å². The van der Waals surface area contributed by atoms with Crippen LogP contribution in [0.3, 0.4) is 0 Å². The minimum absolute atomic E-state index is 0.157. The van der Waals surface area contributed by atoms with Gasteiger partial charge in [0.05, 0.1) is 5.69 Å². The molecule has 88 valence electrons. The number of benzene rings is 1. The molecular weight excluding hydrogens is 221 g/mol. The van der Waals surface area contributed by atoms with E-state index in [-0.39, 0.29) is 5.56 Å². The Kier molecular flexibility index (Phi) is 2.91. The second-order valence-corrected chi connectivity index (χ2v) is 3.60. The molecule has 1 aromatic carbocycles. The SMILES string of the molecule is CCc1nccn1-c1ccc(C(N)=O)cc1F. The highest BCUT2D eigenvalue weighted by Gasteiger charge is 2.10. The van der Waals surface area contributed by atoms with E-state index in [1.807, 2.05) is 6.92 Å². The Bertz CT molecular complexity index is 563. The fraction of sp³-hybridized carbons (Fsp3) is 0.167. The zero-order chi connectivity index (χ0) is 12.4. The minimum atomic E-state index is -0.642. The van der Waals surface area contributed by atoms with E-state index >= 15 is 0 Å². The molecule has 0 unspecified atom stereocenters. The molecule has 0 aliphatic heterocycles. The zero-order valence-electron chi connectivity index (χ0n) is 9.35. The normalized spacial score (nSPS) is 10.5. The fourth-order valence-electron chi connectivity index (χ4n) is 1.67. The first-order chi connectivity index (χ1) is 8.13. The fourth-order valence-corrected chi connectivity index (χ4v) is 1.67. The Labute approximate surface area is 97.9 Å². The number of rotatable bonds is 3. The number of hydrogen-bond donors (Lipinski definition) is 1. The Morgan fingerprint density at radius 3 is 2.88 bits per heavy atom. The second-order valence-electron chi connectivity index (χ2n) is 3.60. The summed E-state index contributed by atoms with van der Waals surface area (Å²) in [5, 5.41) is 0. The molecule has 0 saturated carbocycles. The van der Waals surface area contributed by atoms with Gasteiger partial charge in [-0.2, -0.15) is 0 Å². The van der Waals surface area contributed by atoms with Gasteiger partial charge in [-0.05, 0) is 18.2 Å². The molecule has 4 nitrogen and oxygen atoms in total. The average molecular weight is 233 g/mol. The largest absolute Gasteiger partial charge is 0.366 e. The number of carbonyl (C=O) groups excluding carboxylic acids is 1. The summed E-state index contributed by atoms with van der Waals surface area (Å²) >= 11 is 0. The van der Waals surface area contributed by atoms with Gasteiger partial charge in [-0.25, -0.2) is 9.37 Å². The summed E-state index contributed by atoms with van der Waals surface area (Å²) in [6.45, 7) is 1.94. The number of hydrogen-bond acceptors (Lipinski definition) is 2. The Morgan fingerprint density at radius 1 is 1.53 bits per heavy atom. The molecule has 0 atom stereocenters. The van der Waals surface area contributed by atoms with Crippen LogP contribution in [0.25, 0.3) is 5.69 Å². The van der Waals surface area contributed by atoms with Crippen LogP contribution < -0.4 is 5.73 Å². The minimum Gasteiger partial charge on any atom is -0.366 e. The number of amides is 1. The van der Waals surface area contributed by atoms with Gasteiger partial charge in [-0.3, -0.25) is 4.79 Å². The van der Waals surface area contributed by atoms with Crippen LogP contribution in [0.4, 0.5) is 4.39 Å². The van der Waals surface area contributed by atoms with Gasteiger partial charge in [-0.1, -0.05) is 6.92 Å². The van der Waals surface area contributed by atoms with Crippen molar-refractivity contribution in [2.45, 2.75) is 13.3 Å². The summed E-state index contributed by atoms with van der Waals surface area (Å²) in [5.41, 5.74) is 5.60. The van der Waals surface area contributed by atoms with E-state index in [0.29, 0.717) is 12.1 Å². The molecule has 1 aromatic heterocycles. The van der Waals surface area contributed by atoms with Crippen molar-refractivity contribution in [1.82, 2.24) is 9.55 Å². The summed E-state index contributed by atoms with van der Waals surface area (Å²) in [5.74, 6) is -0.374. The lowest BCUT2D eigenvalue weighted by atomic mass is 10.2. The Balaban J connectivity index is 2.50. The molecule has 0 saturated heterocycles. The standard InChI is InChI=1S/C12H12FN3O/c1-2-11-15-5-6-16(11)10-4-3-8(12(14)17)7-9(10)13/h3-7H,2H2,1H3,(H2,14,17). The maximum atomic E-state index is 13.8. The molecule has 2 aromatic rings. The summed E-state index contributed by atoms with van der Waals surface area (Å²) in [6, 6.07) is 4.16. The molecule has 0 radical (unpaired) electrons. The molecule has 0 aliphatic rings. The van der Waals surface area contributed by atoms with Crippen molar-refractivity contribution >= 4 is 5.91 Å². The summed E-state index contributed by atoms with van der Waals surface area (Å²) < 4.78 is 15.5. The smallest absolute Gasteiger partial charge is 0.248 e. The van der Waals surface area contributed by atoms with Crippen LogP contribution in [-0.2, 0) is 6.42 Å². The molecule has 1 amide bonds. The van der Waals surface area contributed by atoms with Gasteiger partial charge >= 0.3 is 0 Å². The quantitative estimate of drug-likeness (QED) is 0.876. The summed E-state index contributed by atoms with van der Waals surface area (Å²) in [4.78, 5) is 15.0. The topological polar surface area (TPSA) is 60.9 Å². The number of imidazole rings is 1. The lowest BCUT2D eigenvalue weighted by molar-refractivity contribution is 0.1000. The van der Waals surface area contributed by atoms with Crippen LogP contribution in [0.15, 0.2) is 30.6 Å². The van der Waals surface area contributed by atoms with Crippen molar-refractivity contribution in [3.63, 3.8) is 0 Å². The van der Waals surface area contributed by atoms with Crippen LogP contribution in [0.2, 0.25) is 0 Å². The van der Waals surface area contributed by atoms with Crippen LogP contribution in [0.1, 0.15) is 23.1 Å². The average Bonchev–Trinajstić information content (AvgIpc) is 2.76. The Morgan fingerprint density at radius 2 is 2.29 bits per heavy atom. The van der Waals surface area contributed by atoms with E-state index in [9.17, 15) is 9.18 Å². The first kappa shape index (κ1) is 11.3. The van der Waals surface area contributed by atoms with Crippen molar-refractivity contribution in [3.8, 4) is 5.69 Å². The number of aryl methyl sites for hydroxylation is 1. The van der Waals surface area contributed by atoms with Gasteiger partial charge in [0.25, 0.3) is 0 Å². The number of aromatic nitrogens is 2. The van der Waals surface area contributed by atoms with Gasteiger partial charge < -0.3 is 10.3 Å². The summed E-state index contributed by atoms with van der Waals surface area (Å²) in [7, 11) is 0. The molecule has 5 heteroatoms. The van der Waals surface area contributed by atoms with Crippen molar-refractivity contribution in [3.05, 3.63) is 47.8 Å². The van der Waals surface area contributed by atoms with Crippen LogP contribution >= 0.6 is 0 Å².